The van der Waals surface area contributed by atoms with E-state index < -0.39 is 0 Å². The van der Waals surface area contributed by atoms with E-state index in [1.165, 1.54) is 0 Å². The Morgan fingerprint density at radius 3 is 2.83 bits per heavy atom. The topological polar surface area (TPSA) is 16.8 Å². The summed E-state index contributed by atoms with van der Waals surface area (Å²) < 4.78 is 5.34. The summed E-state index contributed by atoms with van der Waals surface area (Å²) in [5, 5.41) is 0. The average molecular weight is 168 g/mol. The Morgan fingerprint density at radius 2 is 2.25 bits per heavy atom. The summed E-state index contributed by atoms with van der Waals surface area (Å²) in [6.45, 7) is 13.9. The minimum absolute atomic E-state index is 0.200. The van der Waals surface area contributed by atoms with Crippen LogP contribution in [-0.2, 0) is 4.74 Å². The Balaban J connectivity index is 2.40. The van der Waals surface area contributed by atoms with Crippen molar-refractivity contribution in [2.45, 2.75) is 32.5 Å². The molecule has 0 spiro atoms. The van der Waals surface area contributed by atoms with Crippen LogP contribution in [0, 0.1) is 6.57 Å². The molecular formula is C9H16N2O. The lowest BCUT2D eigenvalue weighted by atomic mass is 10.3. The van der Waals surface area contributed by atoms with E-state index in [1.807, 2.05) is 0 Å². The first-order valence-corrected chi connectivity index (χ1v) is 4.46. The van der Waals surface area contributed by atoms with Gasteiger partial charge in [0.1, 0.15) is 0 Å². The maximum Gasteiger partial charge on any atom is 0.329 e. The highest BCUT2D eigenvalue weighted by molar-refractivity contribution is 4.75. The second-order valence-electron chi connectivity index (χ2n) is 3.37. The Kier molecular flexibility index (Phi) is 3.51. The van der Waals surface area contributed by atoms with E-state index in [0.717, 1.165) is 19.5 Å². The smallest absolute Gasteiger partial charge is 0.309 e. The number of hydrogen-bond donors (Lipinski definition) is 0. The summed E-state index contributed by atoms with van der Waals surface area (Å²) in [7, 11) is 0. The first kappa shape index (κ1) is 9.50. The predicted molar refractivity (Wildman–Crippen MR) is 47.7 cm³/mol. The molecule has 0 aromatic rings. The maximum absolute atomic E-state index is 6.85. The fraction of sp³-hybridized carbons (Fsp3) is 0.889. The van der Waals surface area contributed by atoms with Gasteiger partial charge in [-0.25, -0.2) is 6.57 Å². The van der Waals surface area contributed by atoms with Crippen LogP contribution in [0.1, 0.15) is 20.3 Å². The van der Waals surface area contributed by atoms with Crippen molar-refractivity contribution in [3.63, 3.8) is 0 Å². The van der Waals surface area contributed by atoms with Crippen LogP contribution in [0.2, 0.25) is 0 Å². The van der Waals surface area contributed by atoms with Crippen LogP contribution < -0.4 is 0 Å². The van der Waals surface area contributed by atoms with E-state index in [4.69, 9.17) is 11.3 Å². The molecule has 68 valence electrons. The molecule has 1 fully saturated rings. The van der Waals surface area contributed by atoms with Gasteiger partial charge in [0.05, 0.1) is 13.0 Å². The van der Waals surface area contributed by atoms with E-state index in [1.54, 1.807) is 0 Å². The third-order valence-corrected chi connectivity index (χ3v) is 2.23. The molecule has 0 amide bonds. The lowest BCUT2D eigenvalue weighted by molar-refractivity contribution is 0.0901. The molecule has 0 aromatic heterocycles. The zero-order valence-electron chi connectivity index (χ0n) is 7.79. The third-order valence-electron chi connectivity index (χ3n) is 2.23. The number of ether oxygens (including phenoxy) is 1. The lowest BCUT2D eigenvalue weighted by Crippen LogP contribution is -2.32. The van der Waals surface area contributed by atoms with Crippen LogP contribution in [0.4, 0.5) is 0 Å². The van der Waals surface area contributed by atoms with Crippen molar-refractivity contribution in [3.05, 3.63) is 11.4 Å². The average Bonchev–Trinajstić information content (AvgIpc) is 2.28. The van der Waals surface area contributed by atoms with Gasteiger partial charge in [0.25, 0.3) is 0 Å². The van der Waals surface area contributed by atoms with E-state index in [9.17, 15) is 0 Å². The van der Waals surface area contributed by atoms with Gasteiger partial charge in [-0.3, -0.25) is 9.74 Å². The standard InChI is InChI=1S/C9H16N2O/c1-8(2)11-5-4-9(10-3)12-7-6-11/h8-9H,4-7H2,1-2H3. The molecule has 1 heterocycles. The zero-order chi connectivity index (χ0) is 8.97. The van der Waals surface area contributed by atoms with E-state index in [-0.39, 0.29) is 6.23 Å². The summed E-state index contributed by atoms with van der Waals surface area (Å²) in [5.41, 5.74) is 0. The molecule has 0 N–H and O–H groups in total. The fourth-order valence-electron chi connectivity index (χ4n) is 1.40. The molecule has 1 rings (SSSR count). The molecule has 3 heteroatoms. The van der Waals surface area contributed by atoms with Gasteiger partial charge in [-0.2, -0.15) is 0 Å². The predicted octanol–water partition coefficient (Wildman–Crippen LogP) is 1.36. The molecule has 1 atom stereocenters. The van der Waals surface area contributed by atoms with Crippen molar-refractivity contribution >= 4 is 0 Å². The summed E-state index contributed by atoms with van der Waals surface area (Å²) in [6, 6.07) is 0.568. The molecule has 1 aliphatic heterocycles. The second kappa shape index (κ2) is 4.44. The summed E-state index contributed by atoms with van der Waals surface area (Å²) >= 11 is 0. The van der Waals surface area contributed by atoms with E-state index in [2.05, 4.69) is 23.6 Å². The molecule has 1 unspecified atom stereocenters. The molecule has 12 heavy (non-hydrogen) atoms. The third kappa shape index (κ3) is 2.47. The molecule has 0 radical (unpaired) electrons. The highest BCUT2D eigenvalue weighted by Gasteiger charge is 2.21. The van der Waals surface area contributed by atoms with Gasteiger partial charge in [-0.15, -0.1) is 0 Å². The normalized spacial score (nSPS) is 26.7. The SMILES string of the molecule is [C-]#[N+]C1CCN(C(C)C)CCO1. The maximum atomic E-state index is 6.85. The second-order valence-corrected chi connectivity index (χ2v) is 3.37. The van der Waals surface area contributed by atoms with Gasteiger partial charge in [0.15, 0.2) is 0 Å². The number of rotatable bonds is 1. The molecule has 0 saturated carbocycles. The Morgan fingerprint density at radius 1 is 1.50 bits per heavy atom. The van der Waals surface area contributed by atoms with Gasteiger partial charge in [0, 0.05) is 19.1 Å². The van der Waals surface area contributed by atoms with Crippen molar-refractivity contribution in [1.82, 2.24) is 4.90 Å². The van der Waals surface area contributed by atoms with Crippen LogP contribution in [0.3, 0.4) is 0 Å². The molecule has 1 aliphatic rings. The summed E-state index contributed by atoms with van der Waals surface area (Å²) in [4.78, 5) is 5.75. The van der Waals surface area contributed by atoms with Gasteiger partial charge < -0.3 is 4.74 Å². The minimum atomic E-state index is -0.200. The van der Waals surface area contributed by atoms with E-state index >= 15 is 0 Å². The molecule has 0 aliphatic carbocycles. The monoisotopic (exact) mass is 168 g/mol. The van der Waals surface area contributed by atoms with Crippen LogP contribution in [0.25, 0.3) is 4.85 Å². The summed E-state index contributed by atoms with van der Waals surface area (Å²) in [6.07, 6.45) is 0.649. The molecular weight excluding hydrogens is 152 g/mol. The van der Waals surface area contributed by atoms with Crippen LogP contribution in [0.5, 0.6) is 0 Å². The number of nitrogens with zero attached hydrogens (tertiary/aromatic N) is 2. The van der Waals surface area contributed by atoms with Crippen molar-refractivity contribution in [1.29, 1.82) is 0 Å². The highest BCUT2D eigenvalue weighted by atomic mass is 16.5. The van der Waals surface area contributed by atoms with Gasteiger partial charge in [-0.1, -0.05) is 0 Å². The number of hydrogen-bond acceptors (Lipinski definition) is 2. The lowest BCUT2D eigenvalue weighted by Gasteiger charge is -2.22. The molecule has 0 bridgehead atoms. The Hall–Kier alpha value is -0.590. The van der Waals surface area contributed by atoms with Crippen LogP contribution in [-0.4, -0.2) is 36.9 Å². The van der Waals surface area contributed by atoms with Crippen molar-refractivity contribution in [2.24, 2.45) is 0 Å². The Bertz CT molecular complexity index is 174. The quantitative estimate of drug-likeness (QED) is 0.550. The highest BCUT2D eigenvalue weighted by Crippen LogP contribution is 2.09. The molecule has 1 saturated heterocycles. The van der Waals surface area contributed by atoms with Gasteiger partial charge in [-0.05, 0) is 13.8 Å². The summed E-state index contributed by atoms with van der Waals surface area (Å²) in [5.74, 6) is 0. The van der Waals surface area contributed by atoms with Gasteiger partial charge in [0.2, 0.25) is 0 Å². The van der Waals surface area contributed by atoms with E-state index in [0.29, 0.717) is 12.6 Å². The fourth-order valence-corrected chi connectivity index (χ4v) is 1.40. The van der Waals surface area contributed by atoms with Gasteiger partial charge >= 0.3 is 6.23 Å². The van der Waals surface area contributed by atoms with Crippen molar-refractivity contribution < 1.29 is 4.74 Å². The first-order chi connectivity index (χ1) is 5.74. The molecule has 0 aromatic carbocycles. The zero-order valence-corrected chi connectivity index (χ0v) is 7.79. The molecule has 3 nitrogen and oxygen atoms in total. The first-order valence-electron chi connectivity index (χ1n) is 4.46. The largest absolute Gasteiger partial charge is 0.329 e. The Labute approximate surface area is 74.1 Å². The van der Waals surface area contributed by atoms with Crippen LogP contribution >= 0.6 is 0 Å². The van der Waals surface area contributed by atoms with Crippen molar-refractivity contribution in [3.8, 4) is 0 Å². The minimum Gasteiger partial charge on any atom is -0.309 e. The van der Waals surface area contributed by atoms with Crippen LogP contribution in [0.15, 0.2) is 0 Å². The van der Waals surface area contributed by atoms with Crippen molar-refractivity contribution in [2.75, 3.05) is 19.7 Å².